The highest BCUT2D eigenvalue weighted by molar-refractivity contribution is 5.81. The molecule has 1 saturated heterocycles. The Kier molecular flexibility index (Phi) is 4.44. The first-order chi connectivity index (χ1) is 10.3. The second-order valence-electron chi connectivity index (χ2n) is 6.01. The van der Waals surface area contributed by atoms with E-state index in [9.17, 15) is 4.79 Å². The summed E-state index contributed by atoms with van der Waals surface area (Å²) in [4.78, 5) is 14.4. The molecule has 1 atom stereocenters. The number of nitrogens with one attached hydrogen (secondary N) is 1. The third-order valence-corrected chi connectivity index (χ3v) is 4.64. The van der Waals surface area contributed by atoms with Crippen LogP contribution in [0.4, 0.5) is 0 Å². The molecule has 21 heavy (non-hydrogen) atoms. The van der Waals surface area contributed by atoms with Crippen LogP contribution in [0.15, 0.2) is 24.3 Å². The summed E-state index contributed by atoms with van der Waals surface area (Å²) in [6.07, 6.45) is 7.34. The molecule has 1 saturated carbocycles. The van der Waals surface area contributed by atoms with Crippen LogP contribution in [-0.2, 0) is 4.79 Å². The fourth-order valence-corrected chi connectivity index (χ4v) is 3.56. The summed E-state index contributed by atoms with van der Waals surface area (Å²) in [5, 5.41) is 3.36. The lowest BCUT2D eigenvalue weighted by atomic mass is 10.0. The molecule has 1 aliphatic heterocycles. The van der Waals surface area contributed by atoms with Crippen LogP contribution in [0.3, 0.4) is 0 Å². The fraction of sp³-hybridized carbons (Fsp3) is 0.588. The van der Waals surface area contributed by atoms with E-state index in [1.807, 2.05) is 18.2 Å². The van der Waals surface area contributed by atoms with Crippen molar-refractivity contribution in [2.24, 2.45) is 0 Å². The van der Waals surface area contributed by atoms with Gasteiger partial charge < -0.3 is 9.64 Å². The monoisotopic (exact) mass is 288 g/mol. The van der Waals surface area contributed by atoms with Gasteiger partial charge in [-0.05, 0) is 30.5 Å². The minimum Gasteiger partial charge on any atom is -0.497 e. The molecule has 2 fully saturated rings. The summed E-state index contributed by atoms with van der Waals surface area (Å²) in [6.45, 7) is 0.443. The largest absolute Gasteiger partial charge is 0.497 e. The zero-order valence-electron chi connectivity index (χ0n) is 12.7. The summed E-state index contributed by atoms with van der Waals surface area (Å²) in [5.74, 6) is 1.07. The van der Waals surface area contributed by atoms with Crippen LogP contribution in [0.2, 0.25) is 0 Å². The first-order valence-electron chi connectivity index (χ1n) is 7.98. The highest BCUT2D eigenvalue weighted by Gasteiger charge is 2.36. The highest BCUT2D eigenvalue weighted by atomic mass is 16.5. The van der Waals surface area contributed by atoms with Crippen molar-refractivity contribution < 1.29 is 9.53 Å². The second kappa shape index (κ2) is 6.48. The van der Waals surface area contributed by atoms with Crippen molar-refractivity contribution in [1.29, 1.82) is 0 Å². The Hall–Kier alpha value is -1.55. The van der Waals surface area contributed by atoms with Crippen molar-refractivity contribution >= 4 is 5.91 Å². The van der Waals surface area contributed by atoms with Crippen LogP contribution in [0.25, 0.3) is 0 Å². The van der Waals surface area contributed by atoms with Crippen LogP contribution in [0.5, 0.6) is 5.75 Å². The Morgan fingerprint density at radius 3 is 2.67 bits per heavy atom. The minimum atomic E-state index is -0.00398. The normalized spacial score (nSPS) is 24.1. The topological polar surface area (TPSA) is 41.6 Å². The number of methoxy groups -OCH3 is 1. The lowest BCUT2D eigenvalue weighted by molar-refractivity contribution is -0.130. The van der Waals surface area contributed by atoms with Crippen molar-refractivity contribution in [3.8, 4) is 5.75 Å². The lowest BCUT2D eigenvalue weighted by Crippen LogP contribution is -2.39. The predicted octanol–water partition coefficient (Wildman–Crippen LogP) is 2.85. The number of hydrogen-bond acceptors (Lipinski definition) is 3. The Morgan fingerprint density at radius 1 is 1.19 bits per heavy atom. The molecule has 1 amide bonds. The maximum Gasteiger partial charge on any atom is 0.238 e. The first kappa shape index (κ1) is 14.4. The molecule has 1 unspecified atom stereocenters. The van der Waals surface area contributed by atoms with Crippen LogP contribution in [-0.4, -0.2) is 30.5 Å². The number of amides is 1. The number of nitrogens with zero attached hydrogens (tertiary/aromatic N) is 1. The molecule has 0 radical (unpaired) electrons. The summed E-state index contributed by atoms with van der Waals surface area (Å²) < 4.78 is 5.31. The van der Waals surface area contributed by atoms with E-state index in [4.69, 9.17) is 4.74 Å². The van der Waals surface area contributed by atoms with Crippen molar-refractivity contribution in [3.63, 3.8) is 0 Å². The molecule has 1 aromatic rings. The van der Waals surface area contributed by atoms with Gasteiger partial charge in [0, 0.05) is 6.04 Å². The van der Waals surface area contributed by atoms with Crippen LogP contribution < -0.4 is 10.1 Å². The highest BCUT2D eigenvalue weighted by Crippen LogP contribution is 2.32. The number of hydrogen-bond donors (Lipinski definition) is 1. The van der Waals surface area contributed by atoms with Gasteiger partial charge in [0.1, 0.15) is 11.9 Å². The summed E-state index contributed by atoms with van der Waals surface area (Å²) >= 11 is 0. The zero-order valence-corrected chi connectivity index (χ0v) is 12.7. The van der Waals surface area contributed by atoms with Crippen molar-refractivity contribution in [2.45, 2.75) is 50.7 Å². The summed E-state index contributed by atoms with van der Waals surface area (Å²) in [7, 11) is 1.68. The van der Waals surface area contributed by atoms with Gasteiger partial charge in [0.25, 0.3) is 0 Å². The average Bonchev–Trinajstić information content (AvgIpc) is 2.74. The van der Waals surface area contributed by atoms with Crippen LogP contribution in [0, 0.1) is 0 Å². The Bertz CT molecular complexity index is 495. The van der Waals surface area contributed by atoms with Gasteiger partial charge in [-0.2, -0.15) is 0 Å². The number of ether oxygens (including phenoxy) is 1. The van der Waals surface area contributed by atoms with Gasteiger partial charge >= 0.3 is 0 Å². The van der Waals surface area contributed by atoms with E-state index in [2.05, 4.69) is 16.3 Å². The molecular formula is C17H24N2O2. The average molecular weight is 288 g/mol. The van der Waals surface area contributed by atoms with E-state index < -0.39 is 0 Å². The fourth-order valence-electron chi connectivity index (χ4n) is 3.56. The molecule has 0 bridgehead atoms. The Labute approximate surface area is 126 Å². The third kappa shape index (κ3) is 3.05. The molecular weight excluding hydrogens is 264 g/mol. The Morgan fingerprint density at radius 2 is 1.95 bits per heavy atom. The van der Waals surface area contributed by atoms with Gasteiger partial charge in [-0.3, -0.25) is 10.1 Å². The van der Waals surface area contributed by atoms with Gasteiger partial charge in [-0.25, -0.2) is 0 Å². The molecule has 0 spiro atoms. The number of rotatable bonds is 3. The Balaban J connectivity index is 1.84. The van der Waals surface area contributed by atoms with E-state index in [1.54, 1.807) is 7.11 Å². The van der Waals surface area contributed by atoms with Crippen molar-refractivity contribution in [2.75, 3.05) is 13.7 Å². The molecule has 3 rings (SSSR count). The van der Waals surface area contributed by atoms with Crippen molar-refractivity contribution in [1.82, 2.24) is 10.2 Å². The number of benzene rings is 1. The SMILES string of the molecule is COc1cccc(C2NCC(=O)N2C2CCCCCC2)c1. The number of carbonyl (C=O) groups is 1. The molecule has 1 N–H and O–H groups in total. The van der Waals surface area contributed by atoms with Crippen molar-refractivity contribution in [3.05, 3.63) is 29.8 Å². The summed E-state index contributed by atoms with van der Waals surface area (Å²) in [6, 6.07) is 8.41. The number of carbonyl (C=O) groups excluding carboxylic acids is 1. The van der Waals surface area contributed by atoms with E-state index >= 15 is 0 Å². The maximum atomic E-state index is 12.4. The van der Waals surface area contributed by atoms with E-state index in [1.165, 1.54) is 25.7 Å². The molecule has 1 aliphatic carbocycles. The molecule has 1 aromatic carbocycles. The predicted molar refractivity (Wildman–Crippen MR) is 82.1 cm³/mol. The molecule has 4 nitrogen and oxygen atoms in total. The molecule has 1 heterocycles. The maximum absolute atomic E-state index is 12.4. The van der Waals surface area contributed by atoms with E-state index in [0.29, 0.717) is 12.6 Å². The van der Waals surface area contributed by atoms with Crippen LogP contribution in [0.1, 0.15) is 50.3 Å². The smallest absolute Gasteiger partial charge is 0.238 e. The van der Waals surface area contributed by atoms with Gasteiger partial charge in [-0.1, -0.05) is 37.8 Å². The standard InChI is InChI=1S/C17H24N2O2/c1-21-15-10-6-7-13(11-15)17-18-12-16(20)19(17)14-8-4-2-3-5-9-14/h6-7,10-11,14,17-18H,2-5,8-9,12H2,1H3. The summed E-state index contributed by atoms with van der Waals surface area (Å²) in [5.41, 5.74) is 1.12. The van der Waals surface area contributed by atoms with E-state index in [0.717, 1.165) is 24.2 Å². The molecule has 114 valence electrons. The van der Waals surface area contributed by atoms with Gasteiger partial charge in [0.15, 0.2) is 0 Å². The zero-order chi connectivity index (χ0) is 14.7. The second-order valence-corrected chi connectivity index (χ2v) is 6.01. The minimum absolute atomic E-state index is 0.00398. The van der Waals surface area contributed by atoms with Gasteiger partial charge in [0.2, 0.25) is 5.91 Å². The van der Waals surface area contributed by atoms with Gasteiger partial charge in [0.05, 0.1) is 13.7 Å². The molecule has 0 aromatic heterocycles. The third-order valence-electron chi connectivity index (χ3n) is 4.64. The molecule has 2 aliphatic rings. The van der Waals surface area contributed by atoms with Gasteiger partial charge in [-0.15, -0.1) is 0 Å². The first-order valence-corrected chi connectivity index (χ1v) is 7.98. The van der Waals surface area contributed by atoms with Crippen LogP contribution >= 0.6 is 0 Å². The molecule has 4 heteroatoms. The lowest BCUT2D eigenvalue weighted by Gasteiger charge is -2.32. The van der Waals surface area contributed by atoms with E-state index in [-0.39, 0.29) is 12.1 Å². The quantitative estimate of drug-likeness (QED) is 0.870.